The minimum Gasteiger partial charge on any atom is -0.340 e. The van der Waals surface area contributed by atoms with Gasteiger partial charge in [0.15, 0.2) is 0 Å². The van der Waals surface area contributed by atoms with Crippen molar-refractivity contribution in [2.24, 2.45) is 11.7 Å². The van der Waals surface area contributed by atoms with Gasteiger partial charge >= 0.3 is 0 Å². The van der Waals surface area contributed by atoms with E-state index in [1.54, 1.807) is 0 Å². The van der Waals surface area contributed by atoms with Gasteiger partial charge in [0.05, 0.1) is 0 Å². The molecule has 1 aliphatic heterocycles. The lowest BCUT2D eigenvalue weighted by Gasteiger charge is -2.35. The van der Waals surface area contributed by atoms with Crippen LogP contribution in [0.25, 0.3) is 0 Å². The fourth-order valence-electron chi connectivity index (χ4n) is 3.50. The summed E-state index contributed by atoms with van der Waals surface area (Å²) in [5.74, 6) is 1.11. The van der Waals surface area contributed by atoms with Crippen molar-refractivity contribution >= 4 is 5.91 Å². The molecule has 0 bridgehead atoms. The van der Waals surface area contributed by atoms with Gasteiger partial charge in [-0.1, -0.05) is 6.92 Å². The van der Waals surface area contributed by atoms with E-state index in [4.69, 9.17) is 5.73 Å². The third-order valence-corrected chi connectivity index (χ3v) is 4.92. The van der Waals surface area contributed by atoms with Crippen molar-refractivity contribution in [3.8, 4) is 0 Å². The molecule has 1 amide bonds. The zero-order valence-corrected chi connectivity index (χ0v) is 13.0. The second-order valence-corrected chi connectivity index (χ2v) is 6.54. The molecule has 2 aliphatic rings. The van der Waals surface area contributed by atoms with Crippen molar-refractivity contribution in [3.05, 3.63) is 0 Å². The SMILES string of the molecule is CCCN1CCN(C(=O)CCC2CCC(N)CC2)CC1. The van der Waals surface area contributed by atoms with Gasteiger partial charge in [-0.25, -0.2) is 0 Å². The average molecular weight is 281 g/mol. The lowest BCUT2D eigenvalue weighted by Crippen LogP contribution is -2.48. The third kappa shape index (κ3) is 4.74. The Hall–Kier alpha value is -0.610. The van der Waals surface area contributed by atoms with E-state index in [-0.39, 0.29) is 0 Å². The highest BCUT2D eigenvalue weighted by Crippen LogP contribution is 2.27. The summed E-state index contributed by atoms with van der Waals surface area (Å²) in [4.78, 5) is 16.8. The Morgan fingerprint density at radius 2 is 1.75 bits per heavy atom. The van der Waals surface area contributed by atoms with Gasteiger partial charge in [0.25, 0.3) is 0 Å². The van der Waals surface area contributed by atoms with Gasteiger partial charge in [0.1, 0.15) is 0 Å². The first kappa shape index (κ1) is 15.8. The van der Waals surface area contributed by atoms with Crippen LogP contribution in [0.2, 0.25) is 0 Å². The maximum absolute atomic E-state index is 12.3. The molecule has 2 rings (SSSR count). The first-order chi connectivity index (χ1) is 9.69. The standard InChI is InChI=1S/C16H31N3O/c1-2-9-18-10-12-19(13-11-18)16(20)8-5-14-3-6-15(17)7-4-14/h14-15H,2-13,17H2,1H3. The second kappa shape index (κ2) is 7.99. The van der Waals surface area contributed by atoms with Gasteiger partial charge in [-0.3, -0.25) is 9.69 Å². The lowest BCUT2D eigenvalue weighted by atomic mass is 9.83. The molecule has 0 unspecified atom stereocenters. The van der Waals surface area contributed by atoms with Crippen LogP contribution in [0.5, 0.6) is 0 Å². The zero-order valence-electron chi connectivity index (χ0n) is 13.0. The van der Waals surface area contributed by atoms with E-state index in [0.717, 1.165) is 57.8 Å². The highest BCUT2D eigenvalue weighted by Gasteiger charge is 2.23. The van der Waals surface area contributed by atoms with Gasteiger partial charge in [0.2, 0.25) is 5.91 Å². The van der Waals surface area contributed by atoms with Crippen LogP contribution in [-0.4, -0.2) is 54.5 Å². The topological polar surface area (TPSA) is 49.6 Å². The first-order valence-corrected chi connectivity index (χ1v) is 8.44. The van der Waals surface area contributed by atoms with E-state index in [1.807, 2.05) is 0 Å². The van der Waals surface area contributed by atoms with Gasteiger partial charge in [-0.15, -0.1) is 0 Å². The summed E-state index contributed by atoms with van der Waals surface area (Å²) < 4.78 is 0. The minimum absolute atomic E-state index is 0.371. The molecule has 2 N–H and O–H groups in total. The van der Waals surface area contributed by atoms with Crippen molar-refractivity contribution < 1.29 is 4.79 Å². The van der Waals surface area contributed by atoms with Crippen LogP contribution in [0.1, 0.15) is 51.9 Å². The Kier molecular flexibility index (Phi) is 6.30. The maximum Gasteiger partial charge on any atom is 0.222 e. The quantitative estimate of drug-likeness (QED) is 0.836. The lowest BCUT2D eigenvalue weighted by molar-refractivity contribution is -0.133. The number of hydrogen-bond acceptors (Lipinski definition) is 3. The first-order valence-electron chi connectivity index (χ1n) is 8.44. The van der Waals surface area contributed by atoms with E-state index >= 15 is 0 Å². The van der Waals surface area contributed by atoms with Gasteiger partial charge in [-0.05, 0) is 51.0 Å². The average Bonchev–Trinajstić information content (AvgIpc) is 2.47. The molecule has 0 atom stereocenters. The summed E-state index contributed by atoms with van der Waals surface area (Å²) in [5, 5.41) is 0. The molecule has 0 spiro atoms. The van der Waals surface area contributed by atoms with E-state index in [9.17, 15) is 4.79 Å². The van der Waals surface area contributed by atoms with Crippen LogP contribution >= 0.6 is 0 Å². The summed E-state index contributed by atoms with van der Waals surface area (Å²) >= 11 is 0. The van der Waals surface area contributed by atoms with Gasteiger partial charge < -0.3 is 10.6 Å². The van der Waals surface area contributed by atoms with E-state index in [0.29, 0.717) is 11.9 Å². The summed E-state index contributed by atoms with van der Waals surface area (Å²) in [7, 11) is 0. The molecule has 0 radical (unpaired) electrons. The Labute approximate surface area is 123 Å². The Morgan fingerprint density at radius 3 is 2.35 bits per heavy atom. The van der Waals surface area contributed by atoms with Crippen molar-refractivity contribution in [1.29, 1.82) is 0 Å². The number of hydrogen-bond donors (Lipinski definition) is 1. The number of nitrogens with zero attached hydrogens (tertiary/aromatic N) is 2. The Bertz CT molecular complexity index is 292. The molecule has 2 fully saturated rings. The molecule has 1 heterocycles. The number of piperazine rings is 1. The predicted octanol–water partition coefficient (Wildman–Crippen LogP) is 1.84. The van der Waals surface area contributed by atoms with Crippen LogP contribution in [0.3, 0.4) is 0 Å². The number of carbonyl (C=O) groups is 1. The molecule has 1 saturated heterocycles. The molecule has 0 aromatic heterocycles. The molecule has 4 heteroatoms. The molecule has 4 nitrogen and oxygen atoms in total. The molecule has 1 aliphatic carbocycles. The number of rotatable bonds is 5. The monoisotopic (exact) mass is 281 g/mol. The second-order valence-electron chi connectivity index (χ2n) is 6.54. The van der Waals surface area contributed by atoms with Gasteiger partial charge in [-0.2, -0.15) is 0 Å². The predicted molar refractivity (Wildman–Crippen MR) is 82.5 cm³/mol. The summed E-state index contributed by atoms with van der Waals surface area (Å²) in [6.45, 7) is 7.34. The molecular formula is C16H31N3O. The maximum atomic E-state index is 12.3. The zero-order chi connectivity index (χ0) is 14.4. The highest BCUT2D eigenvalue weighted by atomic mass is 16.2. The molecular weight excluding hydrogens is 250 g/mol. The largest absolute Gasteiger partial charge is 0.340 e. The van der Waals surface area contributed by atoms with Crippen LogP contribution in [0.4, 0.5) is 0 Å². The molecule has 116 valence electrons. The fraction of sp³-hybridized carbons (Fsp3) is 0.938. The molecule has 20 heavy (non-hydrogen) atoms. The number of amides is 1. The van der Waals surface area contributed by atoms with Crippen LogP contribution in [-0.2, 0) is 4.79 Å². The van der Waals surface area contributed by atoms with E-state index < -0.39 is 0 Å². The van der Waals surface area contributed by atoms with E-state index in [2.05, 4.69) is 16.7 Å². The minimum atomic E-state index is 0.371. The molecule has 1 saturated carbocycles. The third-order valence-electron chi connectivity index (χ3n) is 4.92. The van der Waals surface area contributed by atoms with Crippen molar-refractivity contribution in [2.75, 3.05) is 32.7 Å². The van der Waals surface area contributed by atoms with E-state index in [1.165, 1.54) is 25.8 Å². The van der Waals surface area contributed by atoms with Crippen LogP contribution in [0.15, 0.2) is 0 Å². The highest BCUT2D eigenvalue weighted by molar-refractivity contribution is 5.76. The molecule has 0 aromatic carbocycles. The summed E-state index contributed by atoms with van der Waals surface area (Å²) in [6, 6.07) is 0.411. The Morgan fingerprint density at radius 1 is 1.10 bits per heavy atom. The van der Waals surface area contributed by atoms with Gasteiger partial charge in [0, 0.05) is 38.6 Å². The van der Waals surface area contributed by atoms with Crippen molar-refractivity contribution in [1.82, 2.24) is 9.80 Å². The van der Waals surface area contributed by atoms with Crippen molar-refractivity contribution in [2.45, 2.75) is 57.9 Å². The Balaban J connectivity index is 1.63. The summed E-state index contributed by atoms with van der Waals surface area (Å²) in [5.41, 5.74) is 5.93. The van der Waals surface area contributed by atoms with Crippen molar-refractivity contribution in [3.63, 3.8) is 0 Å². The number of nitrogens with two attached hydrogens (primary N) is 1. The smallest absolute Gasteiger partial charge is 0.222 e. The summed E-state index contributed by atoms with van der Waals surface area (Å²) in [6.07, 6.45) is 7.76. The molecule has 0 aromatic rings. The van der Waals surface area contributed by atoms with Crippen LogP contribution < -0.4 is 5.73 Å². The fourth-order valence-corrected chi connectivity index (χ4v) is 3.50. The van der Waals surface area contributed by atoms with Crippen LogP contribution in [0, 0.1) is 5.92 Å². The normalized spacial score (nSPS) is 28.6. The number of carbonyl (C=O) groups excluding carboxylic acids is 1.